The van der Waals surface area contributed by atoms with Crippen LogP contribution in [0.15, 0.2) is 16.8 Å². The van der Waals surface area contributed by atoms with Crippen molar-refractivity contribution < 1.29 is 4.79 Å². The Hall–Kier alpha value is -0.428. The summed E-state index contributed by atoms with van der Waals surface area (Å²) in [5.74, 6) is 0.363. The van der Waals surface area contributed by atoms with Crippen molar-refractivity contribution in [3.8, 4) is 0 Å². The van der Waals surface area contributed by atoms with Gasteiger partial charge in [0, 0.05) is 11.9 Å². The van der Waals surface area contributed by atoms with E-state index in [2.05, 4.69) is 26.8 Å². The van der Waals surface area contributed by atoms with Crippen molar-refractivity contribution in [3.05, 3.63) is 17.2 Å². The Morgan fingerprint density at radius 2 is 2.50 bits per heavy atom. The third kappa shape index (κ3) is 3.55. The minimum atomic E-state index is -0.308. The van der Waals surface area contributed by atoms with Gasteiger partial charge in [-0.15, -0.1) is 0 Å². The maximum absolute atomic E-state index is 11.4. The van der Waals surface area contributed by atoms with Gasteiger partial charge in [-0.1, -0.05) is 28.7 Å². The highest BCUT2D eigenvalue weighted by Gasteiger charge is 2.22. The summed E-state index contributed by atoms with van der Waals surface area (Å²) in [5.41, 5.74) is 6.17. The summed E-state index contributed by atoms with van der Waals surface area (Å²) >= 11 is 3.89. The number of amides is 2. The first-order valence-electron chi connectivity index (χ1n) is 4.54. The predicted octanol–water partition coefficient (Wildman–Crippen LogP) is 0.475. The molecule has 2 amide bonds. The molecule has 0 aromatic heterocycles. The largest absolute Gasteiger partial charge is 0.459 e. The third-order valence-electron chi connectivity index (χ3n) is 1.82. The molecule has 16 heavy (non-hydrogen) atoms. The molecule has 0 aromatic carbocycles. The summed E-state index contributed by atoms with van der Waals surface area (Å²) in [6.07, 6.45) is 2.40. The van der Waals surface area contributed by atoms with E-state index >= 15 is 0 Å². The van der Waals surface area contributed by atoms with E-state index in [4.69, 9.17) is 11.1 Å². The van der Waals surface area contributed by atoms with Gasteiger partial charge in [-0.3, -0.25) is 4.79 Å². The Morgan fingerprint density at radius 1 is 1.88 bits per heavy atom. The molecule has 1 saturated heterocycles. The summed E-state index contributed by atoms with van der Waals surface area (Å²) in [6, 6.07) is -0.307. The first kappa shape index (κ1) is 13.6. The Labute approximate surface area is 116 Å². The number of aliphatic imine (C=N–C) groups is 1. The molecule has 84 valence electrons. The molecule has 0 spiro atoms. The van der Waals surface area contributed by atoms with Crippen LogP contribution in [0.5, 0.6) is 0 Å². The lowest BCUT2D eigenvalue weighted by Crippen LogP contribution is -2.28. The van der Waals surface area contributed by atoms with Crippen molar-refractivity contribution in [1.82, 2.24) is 9.20 Å². The maximum Gasteiger partial charge on any atom is 0.325 e. The van der Waals surface area contributed by atoms with Crippen LogP contribution in [0.3, 0.4) is 0 Å². The number of halogens is 1. The Kier molecular flexibility index (Phi) is 4.92. The summed E-state index contributed by atoms with van der Waals surface area (Å²) < 4.78 is 1.12. The molecule has 0 saturated carbocycles. The van der Waals surface area contributed by atoms with Gasteiger partial charge in [-0.25, -0.2) is 0 Å². The number of carbonyl (C=O) groups excluding carboxylic acids is 1. The highest BCUT2D eigenvalue weighted by atomic mass is 127. The van der Waals surface area contributed by atoms with Crippen molar-refractivity contribution in [2.45, 2.75) is 19.4 Å². The second-order valence-corrected chi connectivity index (χ2v) is 4.82. The molecule has 0 aromatic rings. The first-order chi connectivity index (χ1) is 7.41. The SMILES string of the molecule is CC(N)C/C=C1\NC(=O)[N]([Al])C1=NC(=[N-])I. The molecule has 1 unspecified atom stereocenters. The number of nitrogens with two attached hydrogens (primary N) is 1. The van der Waals surface area contributed by atoms with Gasteiger partial charge in [-0.2, -0.15) is 0 Å². The van der Waals surface area contributed by atoms with Gasteiger partial charge in [-0.05, 0) is 17.2 Å². The van der Waals surface area contributed by atoms with Gasteiger partial charge >= 0.3 is 22.5 Å². The lowest BCUT2D eigenvalue weighted by atomic mass is 10.2. The van der Waals surface area contributed by atoms with Crippen molar-refractivity contribution in [2.24, 2.45) is 10.7 Å². The quantitative estimate of drug-likeness (QED) is 0.250. The Bertz CT molecular complexity index is 379. The van der Waals surface area contributed by atoms with Gasteiger partial charge in [0.1, 0.15) is 0 Å². The molecule has 1 atom stereocenters. The van der Waals surface area contributed by atoms with E-state index in [0.717, 1.165) is 0 Å². The molecular weight excluding hydrogens is 336 g/mol. The van der Waals surface area contributed by atoms with Crippen molar-refractivity contribution in [3.63, 3.8) is 0 Å². The molecule has 0 bridgehead atoms. The zero-order chi connectivity index (χ0) is 12.3. The van der Waals surface area contributed by atoms with Crippen molar-refractivity contribution in [2.75, 3.05) is 0 Å². The highest BCUT2D eigenvalue weighted by Crippen LogP contribution is 2.11. The number of nitrogens with one attached hydrogen (secondary N) is 1. The second-order valence-electron chi connectivity index (χ2n) is 3.34. The minimum absolute atomic E-state index is 0.00129. The van der Waals surface area contributed by atoms with E-state index < -0.39 is 0 Å². The lowest BCUT2D eigenvalue weighted by Gasteiger charge is -2.15. The van der Waals surface area contributed by atoms with Crippen LogP contribution in [-0.2, 0) is 0 Å². The molecule has 1 fully saturated rings. The van der Waals surface area contributed by atoms with Crippen LogP contribution >= 0.6 is 22.6 Å². The second kappa shape index (κ2) is 5.77. The monoisotopic (exact) mass is 346 g/mol. The van der Waals surface area contributed by atoms with Crippen LogP contribution in [0.2, 0.25) is 0 Å². The van der Waals surface area contributed by atoms with Crippen molar-refractivity contribution in [1.29, 1.82) is 0 Å². The van der Waals surface area contributed by atoms with Gasteiger partial charge in [0.2, 0.25) is 0 Å². The third-order valence-corrected chi connectivity index (χ3v) is 2.54. The summed E-state index contributed by atoms with van der Waals surface area (Å²) in [6.45, 7) is 1.87. The maximum atomic E-state index is 11.4. The van der Waals surface area contributed by atoms with E-state index in [0.29, 0.717) is 18.0 Å². The van der Waals surface area contributed by atoms with Gasteiger partial charge < -0.3 is 25.3 Å². The van der Waals surface area contributed by atoms with Gasteiger partial charge in [0.25, 0.3) is 0 Å². The first-order valence-corrected chi connectivity index (χ1v) is 6.13. The average molecular weight is 346 g/mol. The van der Waals surface area contributed by atoms with E-state index in [9.17, 15) is 4.79 Å². The van der Waals surface area contributed by atoms with Crippen LogP contribution in [0.25, 0.3) is 5.41 Å². The number of nitrogens with zero attached hydrogens (tertiary/aromatic N) is 3. The van der Waals surface area contributed by atoms with Gasteiger partial charge in [0.05, 0.1) is 5.70 Å². The zero-order valence-electron chi connectivity index (χ0n) is 8.64. The van der Waals surface area contributed by atoms with Crippen LogP contribution in [-0.4, -0.2) is 42.1 Å². The standard InChI is InChI=1S/C8H11IN5O.Al/c1-4(10)2-3-5-6(13-7(9)11)14-8(15)12-5;/h3-4H,2,10H2,1H3,(H2-,11,12,13,14,15);/q-1;+1/p-1/b5-3-;. The van der Waals surface area contributed by atoms with Crippen LogP contribution in [0, 0.1) is 0 Å². The Balaban J connectivity index is 2.95. The Morgan fingerprint density at radius 3 is 3.00 bits per heavy atom. The molecule has 8 heteroatoms. The summed E-state index contributed by atoms with van der Waals surface area (Å²) in [5, 5.41) is 11.7. The molecule has 0 aliphatic carbocycles. The molecule has 3 N–H and O–H groups in total. The fourth-order valence-corrected chi connectivity index (χ4v) is 1.59. The van der Waals surface area contributed by atoms with Gasteiger partial charge in [0.15, 0.2) is 0 Å². The zero-order valence-corrected chi connectivity index (χ0v) is 12.0. The van der Waals surface area contributed by atoms with Crippen LogP contribution < -0.4 is 11.1 Å². The van der Waals surface area contributed by atoms with E-state index in [1.54, 1.807) is 28.7 Å². The topological polar surface area (TPSA) is 93.0 Å². The molecule has 2 radical (unpaired) electrons. The van der Waals surface area contributed by atoms with E-state index in [1.165, 1.54) is 3.88 Å². The van der Waals surface area contributed by atoms with E-state index in [-0.39, 0.29) is 15.9 Å². The number of hydrogen-bond donors (Lipinski definition) is 2. The molecule has 1 aliphatic rings. The number of amidine groups is 2. The van der Waals surface area contributed by atoms with Crippen LogP contribution in [0.4, 0.5) is 4.79 Å². The number of rotatable bonds is 2. The lowest BCUT2D eigenvalue weighted by molar-refractivity contribution is 0.241. The number of urea groups is 1. The summed E-state index contributed by atoms with van der Waals surface area (Å²) in [4.78, 5) is 15.2. The minimum Gasteiger partial charge on any atom is -0.459 e. The molecule has 6 nitrogen and oxygen atoms in total. The summed E-state index contributed by atoms with van der Waals surface area (Å²) in [7, 11) is 0. The predicted molar refractivity (Wildman–Crippen MR) is 72.3 cm³/mol. The molecule has 1 heterocycles. The van der Waals surface area contributed by atoms with Crippen LogP contribution in [0.1, 0.15) is 13.3 Å². The fourth-order valence-electron chi connectivity index (χ4n) is 1.10. The fraction of sp³-hybridized carbons (Fsp3) is 0.375. The molecular formula is C8H10AlIN5O-. The molecule has 1 rings (SSSR count). The number of carbonyl (C=O) groups is 1. The highest BCUT2D eigenvalue weighted by molar-refractivity contribution is 14.1. The molecule has 1 aliphatic heterocycles. The normalized spacial score (nSPS) is 22.7. The van der Waals surface area contributed by atoms with E-state index in [1.807, 2.05) is 6.92 Å². The average Bonchev–Trinajstić information content (AvgIpc) is 2.42. The van der Waals surface area contributed by atoms with Crippen molar-refractivity contribution >= 4 is 54.8 Å². The smallest absolute Gasteiger partial charge is 0.325 e. The number of hydrogen-bond acceptors (Lipinski definition) is 2.